The van der Waals surface area contributed by atoms with E-state index in [9.17, 15) is 8.42 Å². The number of nitrogens with two attached hydrogens (primary N) is 1. The molecule has 1 saturated carbocycles. The van der Waals surface area contributed by atoms with Gasteiger partial charge in [0.1, 0.15) is 0 Å². The van der Waals surface area contributed by atoms with E-state index in [4.69, 9.17) is 5.73 Å². The Balaban J connectivity index is 2.33. The minimum absolute atomic E-state index is 0.0977. The Morgan fingerprint density at radius 2 is 1.84 bits per heavy atom. The van der Waals surface area contributed by atoms with Gasteiger partial charge in [-0.1, -0.05) is 18.9 Å². The van der Waals surface area contributed by atoms with Crippen LogP contribution in [0, 0.1) is 0 Å². The van der Waals surface area contributed by atoms with Gasteiger partial charge in [-0.25, -0.2) is 8.42 Å². The predicted molar refractivity (Wildman–Crippen MR) is 77.2 cm³/mol. The van der Waals surface area contributed by atoms with Crippen molar-refractivity contribution in [2.45, 2.75) is 36.6 Å². The highest BCUT2D eigenvalue weighted by atomic mass is 32.2. The second-order valence-electron chi connectivity index (χ2n) is 4.87. The van der Waals surface area contributed by atoms with Crippen LogP contribution >= 0.6 is 0 Å². The number of benzene rings is 1. The summed E-state index contributed by atoms with van der Waals surface area (Å²) in [5.74, 6) is 0. The summed E-state index contributed by atoms with van der Waals surface area (Å²) in [6, 6.07) is 6.47. The van der Waals surface area contributed by atoms with E-state index in [2.05, 4.69) is 6.58 Å². The van der Waals surface area contributed by atoms with Crippen molar-refractivity contribution in [3.8, 4) is 0 Å². The summed E-state index contributed by atoms with van der Waals surface area (Å²) in [5, 5.41) is 0. The lowest BCUT2D eigenvalue weighted by molar-refractivity contribution is 0.347. The molecule has 0 spiro atoms. The van der Waals surface area contributed by atoms with Gasteiger partial charge < -0.3 is 5.73 Å². The first-order chi connectivity index (χ1) is 9.05. The number of hydrogen-bond donors (Lipinski definition) is 1. The van der Waals surface area contributed by atoms with Crippen molar-refractivity contribution in [2.75, 3.05) is 12.3 Å². The van der Waals surface area contributed by atoms with Crippen molar-refractivity contribution in [3.63, 3.8) is 0 Å². The van der Waals surface area contributed by atoms with Crippen LogP contribution in [0.2, 0.25) is 0 Å². The third kappa shape index (κ3) is 2.98. The molecular formula is C14H20N2O2S. The molecule has 1 aliphatic rings. The maximum absolute atomic E-state index is 12.7. The van der Waals surface area contributed by atoms with Crippen molar-refractivity contribution < 1.29 is 8.42 Å². The molecule has 0 amide bonds. The summed E-state index contributed by atoms with van der Waals surface area (Å²) in [4.78, 5) is 0.301. The molecule has 0 heterocycles. The molecule has 19 heavy (non-hydrogen) atoms. The molecular weight excluding hydrogens is 260 g/mol. The van der Waals surface area contributed by atoms with Gasteiger partial charge in [-0.05, 0) is 37.1 Å². The molecule has 1 aromatic rings. The Morgan fingerprint density at radius 1 is 1.26 bits per heavy atom. The molecule has 104 valence electrons. The highest BCUT2D eigenvalue weighted by Gasteiger charge is 2.32. The molecule has 0 atom stereocenters. The quantitative estimate of drug-likeness (QED) is 0.665. The fourth-order valence-electron chi connectivity index (χ4n) is 2.54. The Kier molecular flexibility index (Phi) is 4.27. The predicted octanol–water partition coefficient (Wildman–Crippen LogP) is 2.39. The fraction of sp³-hybridized carbons (Fsp3) is 0.429. The molecule has 0 aromatic heterocycles. The van der Waals surface area contributed by atoms with Crippen LogP contribution in [-0.2, 0) is 10.0 Å². The molecule has 1 aromatic carbocycles. The lowest BCUT2D eigenvalue weighted by Gasteiger charge is -2.26. The average molecular weight is 280 g/mol. The van der Waals surface area contributed by atoms with Gasteiger partial charge >= 0.3 is 0 Å². The van der Waals surface area contributed by atoms with Gasteiger partial charge in [-0.15, -0.1) is 6.58 Å². The molecule has 0 saturated heterocycles. The number of rotatable bonds is 5. The number of anilines is 1. The van der Waals surface area contributed by atoms with Gasteiger partial charge in [-0.3, -0.25) is 0 Å². The summed E-state index contributed by atoms with van der Waals surface area (Å²) in [7, 11) is -3.46. The monoisotopic (exact) mass is 280 g/mol. The second-order valence-corrected chi connectivity index (χ2v) is 6.76. The van der Waals surface area contributed by atoms with E-state index in [-0.39, 0.29) is 6.04 Å². The van der Waals surface area contributed by atoms with Gasteiger partial charge in [0.05, 0.1) is 4.90 Å². The van der Waals surface area contributed by atoms with Crippen molar-refractivity contribution in [1.82, 2.24) is 4.31 Å². The van der Waals surface area contributed by atoms with Gasteiger partial charge in [0, 0.05) is 18.3 Å². The third-order valence-corrected chi connectivity index (χ3v) is 5.46. The van der Waals surface area contributed by atoms with Crippen molar-refractivity contribution >= 4 is 15.7 Å². The molecule has 0 bridgehead atoms. The highest BCUT2D eigenvalue weighted by molar-refractivity contribution is 7.89. The lowest BCUT2D eigenvalue weighted by atomic mass is 10.2. The maximum atomic E-state index is 12.7. The topological polar surface area (TPSA) is 63.4 Å². The molecule has 1 fully saturated rings. The minimum Gasteiger partial charge on any atom is -0.399 e. The van der Waals surface area contributed by atoms with E-state index in [0.717, 1.165) is 25.7 Å². The summed E-state index contributed by atoms with van der Waals surface area (Å²) in [6.07, 6.45) is 5.70. The number of nitrogen functional groups attached to an aromatic ring is 1. The Morgan fingerprint density at radius 3 is 2.37 bits per heavy atom. The van der Waals surface area contributed by atoms with Gasteiger partial charge in [0.2, 0.25) is 10.0 Å². The standard InChI is InChI=1S/C14H20N2O2S/c1-2-11-16(13-5-3-4-6-13)19(17,18)14-9-7-12(15)8-10-14/h2,7-10,13H,1,3-6,11,15H2. The SMILES string of the molecule is C=CCN(C1CCCC1)S(=O)(=O)c1ccc(N)cc1. The van der Waals surface area contributed by atoms with Crippen molar-refractivity contribution in [3.05, 3.63) is 36.9 Å². The molecule has 2 rings (SSSR count). The van der Waals surface area contributed by atoms with Crippen LogP contribution in [0.5, 0.6) is 0 Å². The zero-order valence-corrected chi connectivity index (χ0v) is 11.8. The Labute approximate surface area is 115 Å². The first-order valence-electron chi connectivity index (χ1n) is 6.54. The number of hydrogen-bond acceptors (Lipinski definition) is 3. The lowest BCUT2D eigenvalue weighted by Crippen LogP contribution is -2.38. The van der Waals surface area contributed by atoms with Gasteiger partial charge in [0.25, 0.3) is 0 Å². The first-order valence-corrected chi connectivity index (χ1v) is 7.98. The van der Waals surface area contributed by atoms with Crippen LogP contribution in [-0.4, -0.2) is 25.3 Å². The van der Waals surface area contributed by atoms with Crippen LogP contribution in [0.25, 0.3) is 0 Å². The molecule has 0 aliphatic heterocycles. The summed E-state index contributed by atoms with van der Waals surface area (Å²) in [5.41, 5.74) is 6.17. The van der Waals surface area contributed by atoms with Crippen LogP contribution in [0.3, 0.4) is 0 Å². The van der Waals surface area contributed by atoms with Crippen LogP contribution in [0.1, 0.15) is 25.7 Å². The molecule has 0 unspecified atom stereocenters. The Hall–Kier alpha value is -1.33. The van der Waals surface area contributed by atoms with Crippen LogP contribution in [0.15, 0.2) is 41.8 Å². The maximum Gasteiger partial charge on any atom is 0.243 e. The minimum atomic E-state index is -3.46. The largest absolute Gasteiger partial charge is 0.399 e. The van der Waals surface area contributed by atoms with Gasteiger partial charge in [0.15, 0.2) is 0 Å². The van der Waals surface area contributed by atoms with E-state index in [1.54, 1.807) is 34.6 Å². The zero-order chi connectivity index (χ0) is 13.9. The van der Waals surface area contributed by atoms with E-state index < -0.39 is 10.0 Å². The average Bonchev–Trinajstić information content (AvgIpc) is 2.89. The zero-order valence-electron chi connectivity index (χ0n) is 11.0. The summed E-state index contributed by atoms with van der Waals surface area (Å²) in [6.45, 7) is 4.03. The van der Waals surface area contributed by atoms with Crippen LogP contribution < -0.4 is 5.73 Å². The van der Waals surface area contributed by atoms with E-state index in [0.29, 0.717) is 17.1 Å². The van der Waals surface area contributed by atoms with E-state index >= 15 is 0 Å². The van der Waals surface area contributed by atoms with Crippen molar-refractivity contribution in [2.24, 2.45) is 0 Å². The molecule has 2 N–H and O–H groups in total. The molecule has 1 aliphatic carbocycles. The van der Waals surface area contributed by atoms with E-state index in [1.807, 2.05) is 0 Å². The first kappa shape index (κ1) is 14.1. The highest BCUT2D eigenvalue weighted by Crippen LogP contribution is 2.28. The normalized spacial score (nSPS) is 16.9. The number of sulfonamides is 1. The Bertz CT molecular complexity index is 531. The number of nitrogens with zero attached hydrogens (tertiary/aromatic N) is 1. The van der Waals surface area contributed by atoms with Crippen LogP contribution in [0.4, 0.5) is 5.69 Å². The van der Waals surface area contributed by atoms with E-state index in [1.165, 1.54) is 0 Å². The van der Waals surface area contributed by atoms with Gasteiger partial charge in [-0.2, -0.15) is 4.31 Å². The second kappa shape index (κ2) is 5.75. The van der Waals surface area contributed by atoms with Crippen molar-refractivity contribution in [1.29, 1.82) is 0 Å². The molecule has 4 nitrogen and oxygen atoms in total. The molecule has 5 heteroatoms. The third-order valence-electron chi connectivity index (χ3n) is 3.53. The molecule has 0 radical (unpaired) electrons. The smallest absolute Gasteiger partial charge is 0.243 e. The summed E-state index contributed by atoms with van der Waals surface area (Å²) < 4.78 is 26.9. The fourth-order valence-corrected chi connectivity index (χ4v) is 4.19. The summed E-state index contributed by atoms with van der Waals surface area (Å²) >= 11 is 0.